The topological polar surface area (TPSA) is 17.1 Å². The quantitative estimate of drug-likeness (QED) is 0.689. The number of benzene rings is 1. The maximum absolute atomic E-state index is 13.2. The van der Waals surface area contributed by atoms with Gasteiger partial charge in [0.05, 0.1) is 0 Å². The van der Waals surface area contributed by atoms with Crippen molar-refractivity contribution in [3.05, 3.63) is 34.9 Å². The van der Waals surface area contributed by atoms with E-state index < -0.39 is 5.92 Å². The number of halogens is 3. The van der Waals surface area contributed by atoms with Crippen molar-refractivity contribution < 1.29 is 13.6 Å². The third-order valence-electron chi connectivity index (χ3n) is 4.42. The Balaban J connectivity index is 2.07. The fraction of sp³-hybridized carbons (Fsp3) is 0.588. The Labute approximate surface area is 129 Å². The molecule has 1 nitrogen and oxygen atoms in total. The summed E-state index contributed by atoms with van der Waals surface area (Å²) in [6.07, 6.45) is 2.05. The molecule has 0 heterocycles. The summed E-state index contributed by atoms with van der Waals surface area (Å²) in [4.78, 5) is 12.2. The van der Waals surface area contributed by atoms with Crippen molar-refractivity contribution in [2.75, 3.05) is 0 Å². The van der Waals surface area contributed by atoms with Gasteiger partial charge >= 0.3 is 0 Å². The highest BCUT2D eigenvalue weighted by Crippen LogP contribution is 2.40. The number of hydrogen-bond acceptors (Lipinski definition) is 1. The first kappa shape index (κ1) is 16.4. The second kappa shape index (κ2) is 6.87. The second-order valence-corrected chi connectivity index (χ2v) is 6.40. The van der Waals surface area contributed by atoms with Gasteiger partial charge in [0.2, 0.25) is 5.92 Å². The monoisotopic (exact) mass is 314 g/mol. The van der Waals surface area contributed by atoms with Gasteiger partial charge in [0.15, 0.2) is 0 Å². The molecule has 0 aliphatic heterocycles. The molecule has 4 heteroatoms. The van der Waals surface area contributed by atoms with Crippen LogP contribution in [0, 0.1) is 5.92 Å². The maximum Gasteiger partial charge on any atom is 0.248 e. The van der Waals surface area contributed by atoms with E-state index >= 15 is 0 Å². The lowest BCUT2D eigenvalue weighted by Crippen LogP contribution is -2.26. The van der Waals surface area contributed by atoms with Crippen molar-refractivity contribution in [2.45, 2.75) is 57.3 Å². The van der Waals surface area contributed by atoms with Gasteiger partial charge in [0, 0.05) is 30.2 Å². The fourth-order valence-electron chi connectivity index (χ4n) is 3.06. The Bertz CT molecular complexity index is 474. The van der Waals surface area contributed by atoms with Crippen LogP contribution in [0.3, 0.4) is 0 Å². The normalized spacial score (nSPS) is 20.2. The van der Waals surface area contributed by atoms with Crippen molar-refractivity contribution in [2.24, 2.45) is 5.92 Å². The van der Waals surface area contributed by atoms with E-state index in [2.05, 4.69) is 0 Å². The van der Waals surface area contributed by atoms with Gasteiger partial charge in [-0.3, -0.25) is 4.79 Å². The Morgan fingerprint density at radius 3 is 2.38 bits per heavy atom. The van der Waals surface area contributed by atoms with Crippen LogP contribution < -0.4 is 0 Å². The molecule has 1 aliphatic rings. The van der Waals surface area contributed by atoms with E-state index in [-0.39, 0.29) is 30.5 Å². The maximum atomic E-state index is 13.2. The molecule has 116 valence electrons. The molecule has 1 unspecified atom stereocenters. The minimum absolute atomic E-state index is 0.0503. The molecule has 0 spiro atoms. The summed E-state index contributed by atoms with van der Waals surface area (Å²) in [6, 6.07) is 7.31. The number of ketones is 1. The number of carbonyl (C=O) groups excluding carboxylic acids is 1. The van der Waals surface area contributed by atoms with Crippen molar-refractivity contribution in [3.8, 4) is 0 Å². The van der Waals surface area contributed by atoms with Gasteiger partial charge in [-0.1, -0.05) is 30.7 Å². The summed E-state index contributed by atoms with van der Waals surface area (Å²) < 4.78 is 26.5. The van der Waals surface area contributed by atoms with Gasteiger partial charge in [0.25, 0.3) is 0 Å². The van der Waals surface area contributed by atoms with Crippen LogP contribution in [0.2, 0.25) is 5.02 Å². The largest absolute Gasteiger partial charge is 0.299 e. The van der Waals surface area contributed by atoms with Gasteiger partial charge in [-0.15, -0.1) is 0 Å². The average Bonchev–Trinajstić information content (AvgIpc) is 2.46. The highest BCUT2D eigenvalue weighted by atomic mass is 35.5. The van der Waals surface area contributed by atoms with E-state index in [1.54, 1.807) is 12.1 Å². The predicted molar refractivity (Wildman–Crippen MR) is 81.0 cm³/mol. The molecule has 0 bridgehead atoms. The van der Waals surface area contributed by atoms with Crippen LogP contribution in [-0.2, 0) is 4.79 Å². The third kappa shape index (κ3) is 4.50. The first-order chi connectivity index (χ1) is 9.91. The Kier molecular flexibility index (Phi) is 5.37. The molecule has 1 aromatic rings. The molecule has 0 aromatic heterocycles. The SMILES string of the molecule is CCC(=O)C(CC1CCC(F)(F)CC1)c1ccc(Cl)cc1. The highest BCUT2D eigenvalue weighted by molar-refractivity contribution is 6.30. The van der Waals surface area contributed by atoms with Crippen LogP contribution in [0.25, 0.3) is 0 Å². The average molecular weight is 315 g/mol. The van der Waals surface area contributed by atoms with Crippen LogP contribution in [0.5, 0.6) is 0 Å². The molecule has 0 amide bonds. The molecule has 0 N–H and O–H groups in total. The first-order valence-corrected chi connectivity index (χ1v) is 7.95. The number of Topliss-reactive ketones (excluding diaryl/α,β-unsaturated/α-hetero) is 1. The third-order valence-corrected chi connectivity index (χ3v) is 4.67. The number of hydrogen-bond donors (Lipinski definition) is 0. The summed E-state index contributed by atoms with van der Waals surface area (Å²) in [6.45, 7) is 1.85. The summed E-state index contributed by atoms with van der Waals surface area (Å²) in [5.41, 5.74) is 0.948. The Morgan fingerprint density at radius 1 is 1.29 bits per heavy atom. The smallest absolute Gasteiger partial charge is 0.248 e. The predicted octanol–water partition coefficient (Wildman–Crippen LogP) is 5.62. The minimum atomic E-state index is -2.51. The molecule has 1 aliphatic carbocycles. The van der Waals surface area contributed by atoms with Crippen LogP contribution in [-0.4, -0.2) is 11.7 Å². The number of carbonyl (C=O) groups is 1. The van der Waals surface area contributed by atoms with Crippen LogP contribution in [0.15, 0.2) is 24.3 Å². The van der Waals surface area contributed by atoms with Crippen LogP contribution >= 0.6 is 11.6 Å². The van der Waals surface area contributed by atoms with Crippen LogP contribution in [0.4, 0.5) is 8.78 Å². The van der Waals surface area contributed by atoms with E-state index in [1.807, 2.05) is 19.1 Å². The summed E-state index contributed by atoms with van der Waals surface area (Å²) in [7, 11) is 0. The van der Waals surface area contributed by atoms with E-state index in [4.69, 9.17) is 11.6 Å². The Morgan fingerprint density at radius 2 is 1.86 bits per heavy atom. The van der Waals surface area contributed by atoms with Crippen molar-refractivity contribution in [1.29, 1.82) is 0 Å². The fourth-order valence-corrected chi connectivity index (χ4v) is 3.19. The van der Waals surface area contributed by atoms with Crippen molar-refractivity contribution in [3.63, 3.8) is 0 Å². The van der Waals surface area contributed by atoms with Gasteiger partial charge in [-0.25, -0.2) is 8.78 Å². The Hall–Kier alpha value is -0.960. The molecule has 1 saturated carbocycles. The number of rotatable bonds is 5. The lowest BCUT2D eigenvalue weighted by atomic mass is 9.77. The van der Waals surface area contributed by atoms with E-state index in [9.17, 15) is 13.6 Å². The van der Waals surface area contributed by atoms with Gasteiger partial charge in [0.1, 0.15) is 5.78 Å². The lowest BCUT2D eigenvalue weighted by molar-refractivity contribution is -0.120. The van der Waals surface area contributed by atoms with Gasteiger partial charge < -0.3 is 0 Å². The van der Waals surface area contributed by atoms with Crippen molar-refractivity contribution in [1.82, 2.24) is 0 Å². The van der Waals surface area contributed by atoms with Gasteiger partial charge in [-0.2, -0.15) is 0 Å². The molecular weight excluding hydrogens is 294 g/mol. The summed E-state index contributed by atoms with van der Waals surface area (Å²) in [5.74, 6) is -2.32. The number of alkyl halides is 2. The van der Waals surface area contributed by atoms with Crippen molar-refractivity contribution >= 4 is 17.4 Å². The zero-order valence-electron chi connectivity index (χ0n) is 12.2. The molecule has 21 heavy (non-hydrogen) atoms. The summed E-state index contributed by atoms with van der Waals surface area (Å²) >= 11 is 5.88. The summed E-state index contributed by atoms with van der Waals surface area (Å²) in [5, 5.41) is 0.638. The molecule has 2 rings (SSSR count). The molecule has 1 aromatic carbocycles. The van der Waals surface area contributed by atoms with E-state index in [0.29, 0.717) is 30.7 Å². The molecule has 0 saturated heterocycles. The van der Waals surface area contributed by atoms with E-state index in [0.717, 1.165) is 5.56 Å². The second-order valence-electron chi connectivity index (χ2n) is 5.96. The minimum Gasteiger partial charge on any atom is -0.299 e. The van der Waals surface area contributed by atoms with Gasteiger partial charge in [-0.05, 0) is 42.9 Å². The van der Waals surface area contributed by atoms with Crippen LogP contribution in [0.1, 0.15) is 56.9 Å². The molecule has 1 fully saturated rings. The molecular formula is C17H21ClF2O. The standard InChI is InChI=1S/C17H21ClF2O/c1-2-16(21)15(13-3-5-14(18)6-4-13)11-12-7-9-17(19,20)10-8-12/h3-6,12,15H,2,7-11H2,1H3. The molecule has 0 radical (unpaired) electrons. The zero-order valence-corrected chi connectivity index (χ0v) is 13.0. The zero-order chi connectivity index (χ0) is 15.5. The first-order valence-electron chi connectivity index (χ1n) is 7.57. The highest BCUT2D eigenvalue weighted by Gasteiger charge is 2.36. The lowest BCUT2D eigenvalue weighted by Gasteiger charge is -2.30. The molecule has 1 atom stereocenters. The van der Waals surface area contributed by atoms with E-state index in [1.165, 1.54) is 0 Å².